The highest BCUT2D eigenvalue weighted by Crippen LogP contribution is 1.72. The molecule has 0 saturated carbocycles. The number of methoxy groups -OCH3 is 1. The molecule has 0 aliphatic heterocycles. The van der Waals surface area contributed by atoms with Gasteiger partial charge in [-0.2, -0.15) is 0 Å². The van der Waals surface area contributed by atoms with Gasteiger partial charge in [0, 0.05) is 20.2 Å². The summed E-state index contributed by atoms with van der Waals surface area (Å²) in [4.78, 5) is 11.5. The van der Waals surface area contributed by atoms with Crippen molar-refractivity contribution >= 4 is 6.29 Å². The molecule has 0 aromatic heterocycles. The van der Waals surface area contributed by atoms with Crippen molar-refractivity contribution in [3.05, 3.63) is 0 Å². The lowest BCUT2D eigenvalue weighted by Crippen LogP contribution is -2.26. The molecule has 0 fully saturated rings. The third-order valence-electron chi connectivity index (χ3n) is 1.40. The van der Waals surface area contributed by atoms with Crippen LogP contribution < -0.4 is 5.32 Å². The third-order valence-corrected chi connectivity index (χ3v) is 1.40. The predicted molar refractivity (Wildman–Crippen MR) is 59.7 cm³/mol. The molecule has 0 rings (SSSR count). The van der Waals surface area contributed by atoms with E-state index in [4.69, 9.17) is 0 Å². The van der Waals surface area contributed by atoms with Crippen molar-refractivity contribution in [2.45, 2.75) is 13.3 Å². The largest absolute Gasteiger partial charge is 0.377 e. The van der Waals surface area contributed by atoms with Crippen LogP contribution in [-0.2, 0) is 9.53 Å². The van der Waals surface area contributed by atoms with Crippen LogP contribution in [0.3, 0.4) is 0 Å². The Bertz CT molecular complexity index is 108. The SMILES string of the molecule is CCCNCCN(C)C.COCC=O. The highest BCUT2D eigenvalue weighted by molar-refractivity contribution is 5.50. The fourth-order valence-corrected chi connectivity index (χ4v) is 0.672. The Balaban J connectivity index is 0. The van der Waals surface area contributed by atoms with E-state index in [9.17, 15) is 4.79 Å². The Morgan fingerprint density at radius 1 is 1.36 bits per heavy atom. The fourth-order valence-electron chi connectivity index (χ4n) is 0.672. The molecular weight excluding hydrogens is 180 g/mol. The summed E-state index contributed by atoms with van der Waals surface area (Å²) in [5, 5.41) is 3.32. The van der Waals surface area contributed by atoms with Crippen molar-refractivity contribution in [1.29, 1.82) is 0 Å². The van der Waals surface area contributed by atoms with Crippen molar-refractivity contribution in [3.63, 3.8) is 0 Å². The second kappa shape index (κ2) is 15.0. The summed E-state index contributed by atoms with van der Waals surface area (Å²) in [6.45, 7) is 5.79. The molecule has 14 heavy (non-hydrogen) atoms. The van der Waals surface area contributed by atoms with Gasteiger partial charge < -0.3 is 19.7 Å². The van der Waals surface area contributed by atoms with E-state index in [2.05, 4.69) is 36.0 Å². The minimum Gasteiger partial charge on any atom is -0.377 e. The van der Waals surface area contributed by atoms with E-state index in [0.29, 0.717) is 6.29 Å². The van der Waals surface area contributed by atoms with Crippen LogP contribution in [0.15, 0.2) is 0 Å². The molecule has 4 heteroatoms. The first-order chi connectivity index (χ1) is 6.68. The number of nitrogens with one attached hydrogen (secondary N) is 1. The van der Waals surface area contributed by atoms with Gasteiger partial charge in [0.25, 0.3) is 0 Å². The molecule has 86 valence electrons. The zero-order chi connectivity index (χ0) is 11.2. The number of hydrogen-bond donors (Lipinski definition) is 1. The van der Waals surface area contributed by atoms with Crippen molar-refractivity contribution < 1.29 is 9.53 Å². The third kappa shape index (κ3) is 22.6. The Morgan fingerprint density at radius 2 is 2.00 bits per heavy atom. The van der Waals surface area contributed by atoms with E-state index in [1.807, 2.05) is 0 Å². The number of hydrogen-bond acceptors (Lipinski definition) is 4. The van der Waals surface area contributed by atoms with Crippen LogP contribution in [0.4, 0.5) is 0 Å². The van der Waals surface area contributed by atoms with Crippen LogP contribution in [-0.4, -0.2) is 58.6 Å². The van der Waals surface area contributed by atoms with Gasteiger partial charge in [-0.3, -0.25) is 0 Å². The lowest BCUT2D eigenvalue weighted by Gasteiger charge is -2.08. The van der Waals surface area contributed by atoms with Crippen molar-refractivity contribution in [2.24, 2.45) is 0 Å². The first-order valence-electron chi connectivity index (χ1n) is 4.97. The lowest BCUT2D eigenvalue weighted by atomic mass is 10.4. The van der Waals surface area contributed by atoms with Gasteiger partial charge in [0.1, 0.15) is 12.9 Å². The molecule has 0 aliphatic rings. The van der Waals surface area contributed by atoms with Crippen molar-refractivity contribution in [1.82, 2.24) is 10.2 Å². The average Bonchev–Trinajstić information content (AvgIpc) is 2.15. The molecule has 0 aromatic rings. The quantitative estimate of drug-likeness (QED) is 0.481. The van der Waals surface area contributed by atoms with Crippen LogP contribution in [0, 0.1) is 0 Å². The molecule has 1 N–H and O–H groups in total. The first-order valence-corrected chi connectivity index (χ1v) is 4.97. The van der Waals surface area contributed by atoms with E-state index >= 15 is 0 Å². The number of ether oxygens (including phenoxy) is 1. The van der Waals surface area contributed by atoms with E-state index in [-0.39, 0.29) is 6.61 Å². The van der Waals surface area contributed by atoms with Gasteiger partial charge in [-0.05, 0) is 27.1 Å². The summed E-state index contributed by atoms with van der Waals surface area (Å²) in [7, 11) is 5.66. The normalized spacial score (nSPS) is 9.50. The summed E-state index contributed by atoms with van der Waals surface area (Å²) < 4.78 is 4.32. The van der Waals surface area contributed by atoms with Crippen molar-refractivity contribution in [2.75, 3.05) is 47.4 Å². The minimum absolute atomic E-state index is 0.208. The number of carbonyl (C=O) groups excluding carboxylic acids is 1. The first kappa shape index (κ1) is 16.0. The monoisotopic (exact) mass is 204 g/mol. The van der Waals surface area contributed by atoms with Crippen LogP contribution in [0.25, 0.3) is 0 Å². The summed E-state index contributed by atoms with van der Waals surface area (Å²) in [6, 6.07) is 0. The molecular formula is C10H24N2O2. The maximum absolute atomic E-state index is 9.28. The molecule has 0 radical (unpaired) electrons. The predicted octanol–water partition coefficient (Wildman–Crippen LogP) is 0.379. The Kier molecular flexibility index (Phi) is 17.2. The zero-order valence-electron chi connectivity index (χ0n) is 9.88. The summed E-state index contributed by atoms with van der Waals surface area (Å²) in [5.74, 6) is 0. The Hall–Kier alpha value is -0.450. The van der Waals surface area contributed by atoms with Gasteiger partial charge in [0.15, 0.2) is 0 Å². The topological polar surface area (TPSA) is 41.6 Å². The van der Waals surface area contributed by atoms with Crippen molar-refractivity contribution in [3.8, 4) is 0 Å². The summed E-state index contributed by atoms with van der Waals surface area (Å²) >= 11 is 0. The molecule has 0 spiro atoms. The summed E-state index contributed by atoms with van der Waals surface area (Å²) in [6.07, 6.45) is 1.94. The number of carbonyl (C=O) groups is 1. The molecule has 0 unspecified atom stereocenters. The molecule has 0 saturated heterocycles. The highest BCUT2D eigenvalue weighted by Gasteiger charge is 1.86. The molecule has 0 aliphatic carbocycles. The zero-order valence-corrected chi connectivity index (χ0v) is 9.88. The van der Waals surface area contributed by atoms with Gasteiger partial charge in [0.05, 0.1) is 0 Å². The maximum atomic E-state index is 9.28. The van der Waals surface area contributed by atoms with Gasteiger partial charge in [-0.25, -0.2) is 0 Å². The molecule has 0 atom stereocenters. The van der Waals surface area contributed by atoms with E-state index in [1.165, 1.54) is 13.5 Å². The highest BCUT2D eigenvalue weighted by atomic mass is 16.5. The minimum atomic E-state index is 0.208. The molecule has 0 aromatic carbocycles. The van der Waals surface area contributed by atoms with Crippen LogP contribution in [0.5, 0.6) is 0 Å². The van der Waals surface area contributed by atoms with Gasteiger partial charge in [-0.1, -0.05) is 6.92 Å². The summed E-state index contributed by atoms with van der Waals surface area (Å²) in [5.41, 5.74) is 0. The van der Waals surface area contributed by atoms with E-state index < -0.39 is 0 Å². The Morgan fingerprint density at radius 3 is 2.29 bits per heavy atom. The fraction of sp³-hybridized carbons (Fsp3) is 0.900. The lowest BCUT2D eigenvalue weighted by molar-refractivity contribution is -0.110. The smallest absolute Gasteiger partial charge is 0.145 e. The Labute approximate surface area is 87.6 Å². The van der Waals surface area contributed by atoms with E-state index in [1.54, 1.807) is 0 Å². The van der Waals surface area contributed by atoms with Gasteiger partial charge in [0.2, 0.25) is 0 Å². The number of likely N-dealkylation sites (N-methyl/N-ethyl adjacent to an activating group) is 1. The molecule has 0 bridgehead atoms. The second-order valence-corrected chi connectivity index (χ2v) is 3.18. The number of aldehydes is 1. The van der Waals surface area contributed by atoms with E-state index in [0.717, 1.165) is 19.6 Å². The second-order valence-electron chi connectivity index (χ2n) is 3.18. The van der Waals surface area contributed by atoms with Crippen LogP contribution in [0.2, 0.25) is 0 Å². The van der Waals surface area contributed by atoms with Crippen LogP contribution in [0.1, 0.15) is 13.3 Å². The molecule has 0 amide bonds. The standard InChI is InChI=1S/C7H18N2.C3H6O2/c1-4-5-8-6-7-9(2)3;1-5-3-2-4/h8H,4-7H2,1-3H3;2H,3H2,1H3. The van der Waals surface area contributed by atoms with Crippen LogP contribution >= 0.6 is 0 Å². The number of nitrogens with zero attached hydrogens (tertiary/aromatic N) is 1. The van der Waals surface area contributed by atoms with Gasteiger partial charge >= 0.3 is 0 Å². The van der Waals surface area contributed by atoms with Gasteiger partial charge in [-0.15, -0.1) is 0 Å². The maximum Gasteiger partial charge on any atom is 0.145 e. The number of rotatable bonds is 7. The molecule has 4 nitrogen and oxygen atoms in total. The average molecular weight is 204 g/mol. The molecule has 0 heterocycles.